The Bertz CT molecular complexity index is 983. The van der Waals surface area contributed by atoms with Crippen LogP contribution in [0.3, 0.4) is 0 Å². The number of hydrogen-bond donors (Lipinski definition) is 0. The molecule has 1 saturated heterocycles. The summed E-state index contributed by atoms with van der Waals surface area (Å²) in [4.78, 5) is 18.3. The highest BCUT2D eigenvalue weighted by atomic mass is 19.1. The molecular formula is C20H18FN3O2. The van der Waals surface area contributed by atoms with Gasteiger partial charge in [-0.3, -0.25) is 4.79 Å². The molecule has 0 saturated carbocycles. The van der Waals surface area contributed by atoms with Gasteiger partial charge in [0.25, 0.3) is 0 Å². The van der Waals surface area contributed by atoms with Crippen LogP contribution in [0.1, 0.15) is 29.4 Å². The van der Waals surface area contributed by atoms with Crippen LogP contribution in [0.15, 0.2) is 47.0 Å². The van der Waals surface area contributed by atoms with Crippen molar-refractivity contribution < 1.29 is 13.7 Å². The smallest absolute Gasteiger partial charge is 0.232 e. The molecular weight excluding hydrogens is 333 g/mol. The lowest BCUT2D eigenvalue weighted by atomic mass is 10.1. The van der Waals surface area contributed by atoms with Gasteiger partial charge in [0.15, 0.2) is 0 Å². The number of rotatable bonds is 3. The predicted octanol–water partition coefficient (Wildman–Crippen LogP) is 4.01. The summed E-state index contributed by atoms with van der Waals surface area (Å²) in [7, 11) is 0. The van der Waals surface area contributed by atoms with E-state index in [1.54, 1.807) is 18.2 Å². The molecule has 1 aromatic heterocycles. The number of para-hydroxylation sites is 1. The van der Waals surface area contributed by atoms with Crippen molar-refractivity contribution in [1.29, 1.82) is 0 Å². The molecule has 132 valence electrons. The fourth-order valence-corrected chi connectivity index (χ4v) is 3.26. The summed E-state index contributed by atoms with van der Waals surface area (Å²) in [5.74, 6) is 0.120. The maximum absolute atomic E-state index is 14.0. The van der Waals surface area contributed by atoms with E-state index < -0.39 is 5.82 Å². The first-order chi connectivity index (χ1) is 12.5. The zero-order valence-corrected chi connectivity index (χ0v) is 14.6. The molecule has 1 fully saturated rings. The first-order valence-electron chi connectivity index (χ1n) is 8.49. The van der Waals surface area contributed by atoms with Crippen molar-refractivity contribution in [3.05, 3.63) is 65.3 Å². The molecule has 0 bridgehead atoms. The summed E-state index contributed by atoms with van der Waals surface area (Å²) in [6.07, 6.45) is 0.225. The monoisotopic (exact) mass is 351 g/mol. The van der Waals surface area contributed by atoms with E-state index in [9.17, 15) is 9.18 Å². The number of carbonyl (C=O) groups is 1. The quantitative estimate of drug-likeness (QED) is 0.715. The van der Waals surface area contributed by atoms with Gasteiger partial charge in [-0.2, -0.15) is 4.98 Å². The van der Waals surface area contributed by atoms with E-state index in [0.717, 1.165) is 16.7 Å². The molecule has 2 aromatic carbocycles. The zero-order valence-electron chi connectivity index (χ0n) is 14.6. The lowest BCUT2D eigenvalue weighted by Gasteiger charge is -2.16. The van der Waals surface area contributed by atoms with Crippen LogP contribution in [0.25, 0.3) is 11.4 Å². The van der Waals surface area contributed by atoms with E-state index in [0.29, 0.717) is 18.3 Å². The standard InChI is InChI=1S/C20H18FN3O2/c1-12-7-8-13(2)15(9-12)19-22-20(26-23-19)14-10-18(25)24(11-14)17-6-4-3-5-16(17)21/h3-9,14H,10-11H2,1-2H3. The van der Waals surface area contributed by atoms with E-state index in [-0.39, 0.29) is 23.9 Å². The van der Waals surface area contributed by atoms with Gasteiger partial charge in [-0.05, 0) is 37.6 Å². The molecule has 1 unspecified atom stereocenters. The molecule has 1 aliphatic rings. The molecule has 1 atom stereocenters. The summed E-state index contributed by atoms with van der Waals surface area (Å²) in [6, 6.07) is 12.3. The number of nitrogens with zero attached hydrogens (tertiary/aromatic N) is 3. The summed E-state index contributed by atoms with van der Waals surface area (Å²) in [5.41, 5.74) is 3.36. The van der Waals surface area contributed by atoms with E-state index in [1.807, 2.05) is 32.0 Å². The van der Waals surface area contributed by atoms with Crippen molar-refractivity contribution in [2.24, 2.45) is 0 Å². The molecule has 3 aromatic rings. The van der Waals surface area contributed by atoms with E-state index in [2.05, 4.69) is 10.1 Å². The lowest BCUT2D eigenvalue weighted by molar-refractivity contribution is -0.117. The molecule has 2 heterocycles. The van der Waals surface area contributed by atoms with Gasteiger partial charge < -0.3 is 9.42 Å². The van der Waals surface area contributed by atoms with E-state index in [1.165, 1.54) is 11.0 Å². The van der Waals surface area contributed by atoms with Crippen molar-refractivity contribution in [3.63, 3.8) is 0 Å². The lowest BCUT2D eigenvalue weighted by Crippen LogP contribution is -2.25. The molecule has 0 aliphatic carbocycles. The average molecular weight is 351 g/mol. The van der Waals surface area contributed by atoms with Gasteiger partial charge in [0.2, 0.25) is 17.6 Å². The van der Waals surface area contributed by atoms with Crippen LogP contribution < -0.4 is 4.90 Å². The maximum atomic E-state index is 14.0. The van der Waals surface area contributed by atoms with Crippen LogP contribution in [0, 0.1) is 19.7 Å². The van der Waals surface area contributed by atoms with E-state index >= 15 is 0 Å². The van der Waals surface area contributed by atoms with Crippen LogP contribution in [0.5, 0.6) is 0 Å². The van der Waals surface area contributed by atoms with Crippen molar-refractivity contribution in [2.75, 3.05) is 11.4 Å². The van der Waals surface area contributed by atoms with Crippen LogP contribution in [-0.2, 0) is 4.79 Å². The minimum absolute atomic E-state index is 0.147. The Hall–Kier alpha value is -3.02. The second kappa shape index (κ2) is 6.37. The maximum Gasteiger partial charge on any atom is 0.232 e. The number of carbonyl (C=O) groups excluding carboxylic acids is 1. The largest absolute Gasteiger partial charge is 0.339 e. The van der Waals surface area contributed by atoms with Crippen molar-refractivity contribution >= 4 is 11.6 Å². The molecule has 0 spiro atoms. The molecule has 0 N–H and O–H groups in total. The van der Waals surface area contributed by atoms with Crippen LogP contribution in [0.4, 0.5) is 10.1 Å². The Morgan fingerprint density at radius 1 is 1.19 bits per heavy atom. The Morgan fingerprint density at radius 2 is 2.00 bits per heavy atom. The highest BCUT2D eigenvalue weighted by Crippen LogP contribution is 2.33. The highest BCUT2D eigenvalue weighted by molar-refractivity contribution is 5.96. The minimum Gasteiger partial charge on any atom is -0.339 e. The number of aromatic nitrogens is 2. The first-order valence-corrected chi connectivity index (χ1v) is 8.49. The van der Waals surface area contributed by atoms with Gasteiger partial charge in [0.05, 0.1) is 11.6 Å². The topological polar surface area (TPSA) is 59.2 Å². The average Bonchev–Trinajstić information content (AvgIpc) is 3.24. The van der Waals surface area contributed by atoms with Gasteiger partial charge in [-0.1, -0.05) is 35.0 Å². The Balaban J connectivity index is 1.60. The molecule has 5 nitrogen and oxygen atoms in total. The molecule has 1 amide bonds. The Kier molecular flexibility index (Phi) is 4.03. The number of hydrogen-bond acceptors (Lipinski definition) is 4. The molecule has 0 radical (unpaired) electrons. The summed E-state index contributed by atoms with van der Waals surface area (Å²) in [6.45, 7) is 4.32. The molecule has 26 heavy (non-hydrogen) atoms. The van der Waals surface area contributed by atoms with E-state index in [4.69, 9.17) is 4.52 Å². The second-order valence-electron chi connectivity index (χ2n) is 6.63. The Labute approximate surface area is 150 Å². The third kappa shape index (κ3) is 2.87. The normalized spacial score (nSPS) is 17.1. The SMILES string of the molecule is Cc1ccc(C)c(-c2noc(C3CC(=O)N(c4ccccc4F)C3)n2)c1. The van der Waals surface area contributed by atoms with Crippen LogP contribution >= 0.6 is 0 Å². The first kappa shape index (κ1) is 16.4. The van der Waals surface area contributed by atoms with Gasteiger partial charge in [-0.15, -0.1) is 0 Å². The summed E-state index contributed by atoms with van der Waals surface area (Å²) >= 11 is 0. The fourth-order valence-electron chi connectivity index (χ4n) is 3.26. The summed E-state index contributed by atoms with van der Waals surface area (Å²) in [5, 5.41) is 4.08. The van der Waals surface area contributed by atoms with Crippen molar-refractivity contribution in [2.45, 2.75) is 26.2 Å². The van der Waals surface area contributed by atoms with Crippen LogP contribution in [-0.4, -0.2) is 22.6 Å². The minimum atomic E-state index is -0.414. The second-order valence-corrected chi connectivity index (χ2v) is 6.63. The number of aryl methyl sites for hydroxylation is 2. The van der Waals surface area contributed by atoms with Gasteiger partial charge >= 0.3 is 0 Å². The van der Waals surface area contributed by atoms with Crippen molar-refractivity contribution in [3.8, 4) is 11.4 Å². The fraction of sp³-hybridized carbons (Fsp3) is 0.250. The number of anilines is 1. The summed E-state index contributed by atoms with van der Waals surface area (Å²) < 4.78 is 19.4. The highest BCUT2D eigenvalue weighted by Gasteiger charge is 2.36. The molecule has 6 heteroatoms. The van der Waals surface area contributed by atoms with Crippen LogP contribution in [0.2, 0.25) is 0 Å². The van der Waals surface area contributed by atoms with Gasteiger partial charge in [0.1, 0.15) is 5.82 Å². The third-order valence-corrected chi connectivity index (χ3v) is 4.69. The number of amides is 1. The van der Waals surface area contributed by atoms with Gasteiger partial charge in [-0.25, -0.2) is 4.39 Å². The molecule has 1 aliphatic heterocycles. The molecule has 4 rings (SSSR count). The third-order valence-electron chi connectivity index (χ3n) is 4.69. The zero-order chi connectivity index (χ0) is 18.3. The van der Waals surface area contributed by atoms with Gasteiger partial charge in [0, 0.05) is 18.5 Å². The van der Waals surface area contributed by atoms with Crippen molar-refractivity contribution in [1.82, 2.24) is 10.1 Å². The number of halogens is 1. The Morgan fingerprint density at radius 3 is 2.81 bits per heavy atom. The predicted molar refractivity (Wildman–Crippen MR) is 95.3 cm³/mol. The number of benzene rings is 2.